The number of H-pyrrole nitrogens is 1. The molecule has 8 heteroatoms. The molecule has 0 aliphatic rings. The van der Waals surface area contributed by atoms with Crippen LogP contribution in [0.15, 0.2) is 54.9 Å². The van der Waals surface area contributed by atoms with Gasteiger partial charge in [0.25, 0.3) is 0 Å². The lowest BCUT2D eigenvalue weighted by atomic mass is 10.2. The number of nitrogens with one attached hydrogen (secondary N) is 1. The highest BCUT2D eigenvalue weighted by Crippen LogP contribution is 2.24. The van der Waals surface area contributed by atoms with E-state index in [9.17, 15) is 5.11 Å². The first-order chi connectivity index (χ1) is 12.3. The van der Waals surface area contributed by atoms with Crippen LogP contribution < -0.4 is 4.74 Å². The van der Waals surface area contributed by atoms with Gasteiger partial charge in [-0.2, -0.15) is 0 Å². The normalized spacial score (nSPS) is 12.4. The molecule has 25 heavy (non-hydrogen) atoms. The summed E-state index contributed by atoms with van der Waals surface area (Å²) in [6.07, 6.45) is 2.76. The molecule has 126 valence electrons. The maximum atomic E-state index is 10.3. The molecular weight excluding hydrogens is 320 g/mol. The Labute approximate surface area is 143 Å². The van der Waals surface area contributed by atoms with Crippen molar-refractivity contribution in [3.8, 4) is 17.3 Å². The molecule has 1 aromatic carbocycles. The maximum Gasteiger partial charge on any atom is 0.200 e. The average molecular weight is 336 g/mol. The van der Waals surface area contributed by atoms with Crippen molar-refractivity contribution in [3.05, 3.63) is 54.9 Å². The molecule has 0 bridgehead atoms. The lowest BCUT2D eigenvalue weighted by Gasteiger charge is -2.13. The van der Waals surface area contributed by atoms with Gasteiger partial charge in [-0.1, -0.05) is 12.1 Å². The van der Waals surface area contributed by atoms with Gasteiger partial charge in [0.15, 0.2) is 0 Å². The molecule has 0 fully saturated rings. The predicted octanol–water partition coefficient (Wildman–Crippen LogP) is 1.66. The maximum absolute atomic E-state index is 10.3. The number of ether oxygens (including phenoxy) is 1. The summed E-state index contributed by atoms with van der Waals surface area (Å²) >= 11 is 0. The van der Waals surface area contributed by atoms with Crippen molar-refractivity contribution in [1.29, 1.82) is 0 Å². The number of rotatable bonds is 6. The number of hydrogen-bond acceptors (Lipinski definition) is 6. The third-order valence-electron chi connectivity index (χ3n) is 3.80. The number of benzene rings is 1. The van der Waals surface area contributed by atoms with Crippen molar-refractivity contribution < 1.29 is 9.84 Å². The topological polar surface area (TPSA) is 102 Å². The molecule has 4 rings (SSSR count). The molecule has 1 unspecified atom stereocenters. The number of aromatic nitrogens is 6. The van der Waals surface area contributed by atoms with Crippen LogP contribution in [0.5, 0.6) is 5.75 Å². The van der Waals surface area contributed by atoms with Crippen LogP contribution in [0, 0.1) is 0 Å². The van der Waals surface area contributed by atoms with E-state index in [1.807, 2.05) is 48.7 Å². The Balaban J connectivity index is 1.44. The van der Waals surface area contributed by atoms with Gasteiger partial charge in [0.1, 0.15) is 24.2 Å². The Bertz CT molecular complexity index is 965. The number of aromatic amines is 1. The van der Waals surface area contributed by atoms with Crippen LogP contribution >= 0.6 is 0 Å². The standard InChI is InChI=1S/C17H16N6O2/c24-12(11-25-16-6-3-5-14-13(16)7-9-19-14)10-23-17(20-21-22-23)15-4-1-2-8-18-15/h1-9,12,19,24H,10-11H2. The summed E-state index contributed by atoms with van der Waals surface area (Å²) in [7, 11) is 0. The van der Waals surface area contributed by atoms with E-state index in [1.54, 1.807) is 6.20 Å². The van der Waals surface area contributed by atoms with Gasteiger partial charge < -0.3 is 14.8 Å². The van der Waals surface area contributed by atoms with E-state index in [4.69, 9.17) is 4.74 Å². The summed E-state index contributed by atoms with van der Waals surface area (Å²) < 4.78 is 7.29. The fraction of sp³-hybridized carbons (Fsp3) is 0.176. The van der Waals surface area contributed by atoms with E-state index in [0.29, 0.717) is 11.5 Å². The van der Waals surface area contributed by atoms with Crippen molar-refractivity contribution in [3.63, 3.8) is 0 Å². The van der Waals surface area contributed by atoms with Gasteiger partial charge >= 0.3 is 0 Å². The molecule has 3 heterocycles. The zero-order valence-electron chi connectivity index (χ0n) is 13.3. The Morgan fingerprint density at radius 1 is 1.16 bits per heavy atom. The van der Waals surface area contributed by atoms with Gasteiger partial charge in [0.05, 0.1) is 6.54 Å². The minimum Gasteiger partial charge on any atom is -0.490 e. The molecule has 3 aromatic heterocycles. The Morgan fingerprint density at radius 2 is 2.12 bits per heavy atom. The van der Waals surface area contributed by atoms with Crippen LogP contribution in [-0.4, -0.2) is 48.0 Å². The van der Waals surface area contributed by atoms with Crippen LogP contribution in [0.25, 0.3) is 22.4 Å². The molecule has 0 saturated heterocycles. The molecule has 4 aromatic rings. The monoisotopic (exact) mass is 336 g/mol. The van der Waals surface area contributed by atoms with E-state index >= 15 is 0 Å². The predicted molar refractivity (Wildman–Crippen MR) is 90.8 cm³/mol. The molecule has 8 nitrogen and oxygen atoms in total. The first-order valence-electron chi connectivity index (χ1n) is 7.86. The average Bonchev–Trinajstić information content (AvgIpc) is 3.30. The van der Waals surface area contributed by atoms with Crippen LogP contribution in [0.3, 0.4) is 0 Å². The fourth-order valence-corrected chi connectivity index (χ4v) is 2.63. The highest BCUT2D eigenvalue weighted by Gasteiger charge is 2.15. The number of tetrazole rings is 1. The van der Waals surface area contributed by atoms with Crippen molar-refractivity contribution in [2.24, 2.45) is 0 Å². The Hall–Kier alpha value is -3.26. The Morgan fingerprint density at radius 3 is 3.00 bits per heavy atom. The molecule has 0 aliphatic heterocycles. The van der Waals surface area contributed by atoms with Crippen molar-refractivity contribution in [2.45, 2.75) is 12.6 Å². The number of fused-ring (bicyclic) bond motifs is 1. The molecule has 0 spiro atoms. The molecule has 0 radical (unpaired) electrons. The zero-order chi connectivity index (χ0) is 17.1. The van der Waals surface area contributed by atoms with Crippen LogP contribution in [0.2, 0.25) is 0 Å². The third-order valence-corrected chi connectivity index (χ3v) is 3.80. The first kappa shape index (κ1) is 15.3. The van der Waals surface area contributed by atoms with Gasteiger partial charge in [-0.25, -0.2) is 4.68 Å². The first-order valence-corrected chi connectivity index (χ1v) is 7.86. The molecule has 0 saturated carbocycles. The second-order valence-electron chi connectivity index (χ2n) is 5.56. The second-order valence-corrected chi connectivity index (χ2v) is 5.56. The molecule has 0 amide bonds. The second kappa shape index (κ2) is 6.70. The smallest absolute Gasteiger partial charge is 0.200 e. The third kappa shape index (κ3) is 3.20. The molecule has 1 atom stereocenters. The van der Waals surface area contributed by atoms with Crippen LogP contribution in [0.4, 0.5) is 0 Å². The summed E-state index contributed by atoms with van der Waals surface area (Å²) in [5.41, 5.74) is 1.64. The lowest BCUT2D eigenvalue weighted by Crippen LogP contribution is -2.24. The fourth-order valence-electron chi connectivity index (χ4n) is 2.63. The van der Waals surface area contributed by atoms with E-state index in [0.717, 1.165) is 16.7 Å². The summed E-state index contributed by atoms with van der Waals surface area (Å²) in [5.74, 6) is 1.23. The van der Waals surface area contributed by atoms with Crippen molar-refractivity contribution in [1.82, 2.24) is 30.2 Å². The van der Waals surface area contributed by atoms with Gasteiger partial charge in [0, 0.05) is 23.3 Å². The number of pyridine rings is 1. The zero-order valence-corrected chi connectivity index (χ0v) is 13.3. The Kier molecular flexibility index (Phi) is 4.09. The molecule has 2 N–H and O–H groups in total. The van der Waals surface area contributed by atoms with Gasteiger partial charge in [-0.15, -0.1) is 5.10 Å². The van der Waals surface area contributed by atoms with Gasteiger partial charge in [-0.05, 0) is 40.8 Å². The number of nitrogens with zero attached hydrogens (tertiary/aromatic N) is 5. The minimum absolute atomic E-state index is 0.131. The highest BCUT2D eigenvalue weighted by atomic mass is 16.5. The summed E-state index contributed by atoms with van der Waals surface area (Å²) in [5, 5.41) is 22.9. The van der Waals surface area contributed by atoms with E-state index in [-0.39, 0.29) is 13.2 Å². The molecule has 0 aliphatic carbocycles. The number of hydrogen-bond donors (Lipinski definition) is 2. The van der Waals surface area contributed by atoms with E-state index in [2.05, 4.69) is 25.5 Å². The minimum atomic E-state index is -0.764. The lowest BCUT2D eigenvalue weighted by molar-refractivity contribution is 0.0899. The van der Waals surface area contributed by atoms with Crippen molar-refractivity contribution >= 4 is 10.9 Å². The largest absolute Gasteiger partial charge is 0.490 e. The van der Waals surface area contributed by atoms with Crippen LogP contribution in [0.1, 0.15) is 0 Å². The van der Waals surface area contributed by atoms with Gasteiger partial charge in [-0.3, -0.25) is 4.98 Å². The highest BCUT2D eigenvalue weighted by molar-refractivity contribution is 5.85. The van der Waals surface area contributed by atoms with Crippen molar-refractivity contribution in [2.75, 3.05) is 6.61 Å². The molecular formula is C17H16N6O2. The van der Waals surface area contributed by atoms with Gasteiger partial charge in [0.2, 0.25) is 5.82 Å². The number of aliphatic hydroxyl groups excluding tert-OH is 1. The van der Waals surface area contributed by atoms with E-state index < -0.39 is 6.10 Å². The van der Waals surface area contributed by atoms with E-state index in [1.165, 1.54) is 4.68 Å². The summed E-state index contributed by atoms with van der Waals surface area (Å²) in [6, 6.07) is 13.2. The number of aliphatic hydroxyl groups is 1. The SMILES string of the molecule is OC(COc1cccc2[nH]ccc12)Cn1nnnc1-c1ccccn1. The summed E-state index contributed by atoms with van der Waals surface area (Å²) in [6.45, 7) is 0.341. The quantitative estimate of drug-likeness (QED) is 0.555. The van der Waals surface area contributed by atoms with Crippen LogP contribution in [-0.2, 0) is 6.54 Å². The summed E-state index contributed by atoms with van der Waals surface area (Å²) in [4.78, 5) is 7.36.